The Hall–Kier alpha value is -2.46. The maximum absolute atomic E-state index is 11.5. The van der Waals surface area contributed by atoms with Crippen LogP contribution in [0.5, 0.6) is 0 Å². The van der Waals surface area contributed by atoms with Gasteiger partial charge in [-0.1, -0.05) is 6.08 Å². The SMILES string of the molecule is C=CC1CC(=O)ONOC(=O)CCC(=O)ONOC1=O. The summed E-state index contributed by atoms with van der Waals surface area (Å²) in [5.74, 6) is -4.51. The Kier molecular flexibility index (Phi) is 6.13. The molecule has 10 heteroatoms. The molecular formula is C10H12N2O8. The summed E-state index contributed by atoms with van der Waals surface area (Å²) in [6.45, 7) is 3.35. The predicted octanol–water partition coefficient (Wildman–Crippen LogP) is -1.02. The van der Waals surface area contributed by atoms with Crippen molar-refractivity contribution in [2.24, 2.45) is 5.92 Å². The van der Waals surface area contributed by atoms with Gasteiger partial charge in [-0.15, -0.1) is 6.58 Å². The Balaban J connectivity index is 2.64. The van der Waals surface area contributed by atoms with Crippen molar-refractivity contribution in [2.75, 3.05) is 0 Å². The summed E-state index contributed by atoms with van der Waals surface area (Å²) in [5, 5.41) is 0. The van der Waals surface area contributed by atoms with Crippen LogP contribution in [0.1, 0.15) is 19.3 Å². The van der Waals surface area contributed by atoms with Gasteiger partial charge < -0.3 is 19.4 Å². The summed E-state index contributed by atoms with van der Waals surface area (Å²) in [5.41, 5.74) is 3.33. The molecule has 0 aromatic carbocycles. The van der Waals surface area contributed by atoms with E-state index in [-0.39, 0.29) is 12.8 Å². The van der Waals surface area contributed by atoms with Gasteiger partial charge in [-0.2, -0.15) is 0 Å². The average molecular weight is 288 g/mol. The van der Waals surface area contributed by atoms with Gasteiger partial charge in [-0.25, -0.2) is 4.79 Å². The summed E-state index contributed by atoms with van der Waals surface area (Å²) < 4.78 is 0. The molecule has 0 radical (unpaired) electrons. The van der Waals surface area contributed by atoms with Gasteiger partial charge in [0.2, 0.25) is 0 Å². The molecule has 1 atom stereocenters. The molecule has 0 spiro atoms. The van der Waals surface area contributed by atoms with Gasteiger partial charge in [-0.3, -0.25) is 14.4 Å². The van der Waals surface area contributed by atoms with Crippen LogP contribution in [0.15, 0.2) is 12.7 Å². The van der Waals surface area contributed by atoms with Gasteiger partial charge >= 0.3 is 23.9 Å². The fourth-order valence-corrected chi connectivity index (χ4v) is 1.09. The highest BCUT2D eigenvalue weighted by Crippen LogP contribution is 2.08. The van der Waals surface area contributed by atoms with Crippen molar-refractivity contribution in [3.63, 3.8) is 0 Å². The van der Waals surface area contributed by atoms with E-state index >= 15 is 0 Å². The molecule has 0 bridgehead atoms. The standard InChI is InChI=1S/C10H12N2O8/c1-2-6-5-9(15)19-11-17-7(13)3-4-8(14)18-12-20-10(6)16/h2,6,11-12H,1,3-5H2. The van der Waals surface area contributed by atoms with Crippen LogP contribution in [0.25, 0.3) is 0 Å². The second-order valence-electron chi connectivity index (χ2n) is 3.56. The van der Waals surface area contributed by atoms with E-state index in [4.69, 9.17) is 0 Å². The molecule has 10 nitrogen and oxygen atoms in total. The molecule has 1 unspecified atom stereocenters. The molecular weight excluding hydrogens is 276 g/mol. The molecule has 0 aliphatic carbocycles. The fourth-order valence-electron chi connectivity index (χ4n) is 1.09. The molecule has 0 aromatic rings. The molecule has 2 N–H and O–H groups in total. The maximum Gasteiger partial charge on any atom is 0.336 e. The van der Waals surface area contributed by atoms with E-state index in [1.807, 2.05) is 0 Å². The highest BCUT2D eigenvalue weighted by Gasteiger charge is 2.23. The van der Waals surface area contributed by atoms with Crippen molar-refractivity contribution in [1.29, 1.82) is 0 Å². The topological polar surface area (TPSA) is 129 Å². The van der Waals surface area contributed by atoms with Crippen molar-refractivity contribution in [3.8, 4) is 0 Å². The molecule has 1 aliphatic heterocycles. The lowest BCUT2D eigenvalue weighted by Gasteiger charge is -2.12. The summed E-state index contributed by atoms with van der Waals surface area (Å²) >= 11 is 0. The Morgan fingerprint density at radius 3 is 1.95 bits per heavy atom. The third kappa shape index (κ3) is 5.46. The highest BCUT2D eigenvalue weighted by molar-refractivity contribution is 5.81. The largest absolute Gasteiger partial charge is 0.336 e. The lowest BCUT2D eigenvalue weighted by Crippen LogP contribution is -2.31. The Bertz CT molecular complexity index is 421. The Morgan fingerprint density at radius 1 is 0.900 bits per heavy atom. The first kappa shape index (κ1) is 15.6. The minimum atomic E-state index is -1.03. The van der Waals surface area contributed by atoms with Crippen molar-refractivity contribution in [2.45, 2.75) is 19.3 Å². The van der Waals surface area contributed by atoms with Crippen LogP contribution in [-0.2, 0) is 38.5 Å². The molecule has 1 fully saturated rings. The first-order valence-electron chi connectivity index (χ1n) is 5.45. The summed E-state index contributed by atoms with van der Waals surface area (Å²) in [6, 6.07) is 0. The van der Waals surface area contributed by atoms with Crippen molar-refractivity contribution >= 4 is 23.9 Å². The van der Waals surface area contributed by atoms with E-state index in [0.29, 0.717) is 0 Å². The van der Waals surface area contributed by atoms with Crippen molar-refractivity contribution in [1.82, 2.24) is 11.3 Å². The molecule has 1 rings (SSSR count). The van der Waals surface area contributed by atoms with E-state index in [0.717, 1.165) is 6.08 Å². The molecule has 1 saturated heterocycles. The minimum Gasteiger partial charge on any atom is -0.335 e. The zero-order chi connectivity index (χ0) is 15.0. The van der Waals surface area contributed by atoms with Crippen LogP contribution in [0, 0.1) is 5.92 Å². The Labute approximate surface area is 112 Å². The van der Waals surface area contributed by atoms with E-state index in [2.05, 4.69) is 25.9 Å². The molecule has 1 heterocycles. The van der Waals surface area contributed by atoms with E-state index in [9.17, 15) is 19.2 Å². The third-order valence-corrected chi connectivity index (χ3v) is 2.12. The number of nitrogens with one attached hydrogen (secondary N) is 2. The van der Waals surface area contributed by atoms with Gasteiger partial charge in [0.1, 0.15) is 0 Å². The predicted molar refractivity (Wildman–Crippen MR) is 58.2 cm³/mol. The summed E-state index contributed by atoms with van der Waals surface area (Å²) in [6.07, 6.45) is 0.0751. The lowest BCUT2D eigenvalue weighted by molar-refractivity contribution is -0.209. The number of carbonyl (C=O) groups is 4. The van der Waals surface area contributed by atoms with Gasteiger partial charge in [0, 0.05) is 11.3 Å². The molecule has 0 saturated carbocycles. The van der Waals surface area contributed by atoms with Crippen LogP contribution in [-0.4, -0.2) is 23.9 Å². The van der Waals surface area contributed by atoms with Crippen LogP contribution in [0.4, 0.5) is 0 Å². The third-order valence-electron chi connectivity index (χ3n) is 2.12. The van der Waals surface area contributed by atoms with Gasteiger partial charge in [0.05, 0.1) is 25.2 Å². The normalized spacial score (nSPS) is 22.7. The number of carbonyl (C=O) groups excluding carboxylic acids is 4. The maximum atomic E-state index is 11.5. The monoisotopic (exact) mass is 288 g/mol. The van der Waals surface area contributed by atoms with Gasteiger partial charge in [0.15, 0.2) is 0 Å². The fraction of sp³-hybridized carbons (Fsp3) is 0.400. The van der Waals surface area contributed by atoms with Crippen LogP contribution in [0.3, 0.4) is 0 Å². The number of hydrogen-bond donors (Lipinski definition) is 2. The van der Waals surface area contributed by atoms with E-state index in [1.54, 1.807) is 11.3 Å². The molecule has 1 aliphatic rings. The second kappa shape index (κ2) is 7.86. The van der Waals surface area contributed by atoms with Crippen molar-refractivity contribution in [3.05, 3.63) is 12.7 Å². The number of rotatable bonds is 1. The number of hydrogen-bond acceptors (Lipinski definition) is 10. The lowest BCUT2D eigenvalue weighted by atomic mass is 10.1. The highest BCUT2D eigenvalue weighted by atomic mass is 16.9. The Morgan fingerprint density at radius 2 is 1.40 bits per heavy atom. The molecule has 20 heavy (non-hydrogen) atoms. The van der Waals surface area contributed by atoms with Gasteiger partial charge in [-0.05, 0) is 0 Å². The first-order chi connectivity index (χ1) is 9.52. The second-order valence-corrected chi connectivity index (χ2v) is 3.56. The molecule has 0 amide bonds. The zero-order valence-corrected chi connectivity index (χ0v) is 10.2. The molecule has 110 valence electrons. The van der Waals surface area contributed by atoms with Crippen LogP contribution < -0.4 is 11.3 Å². The molecule has 0 aromatic heterocycles. The summed E-state index contributed by atoms with van der Waals surface area (Å²) in [4.78, 5) is 62.3. The van der Waals surface area contributed by atoms with Gasteiger partial charge in [0.25, 0.3) is 0 Å². The quantitative estimate of drug-likeness (QED) is 0.578. The minimum absolute atomic E-state index is 0.325. The summed E-state index contributed by atoms with van der Waals surface area (Å²) in [7, 11) is 0. The van der Waals surface area contributed by atoms with E-state index < -0.39 is 36.2 Å². The van der Waals surface area contributed by atoms with Crippen LogP contribution in [0.2, 0.25) is 0 Å². The van der Waals surface area contributed by atoms with E-state index in [1.165, 1.54) is 0 Å². The zero-order valence-electron chi connectivity index (χ0n) is 10.2. The van der Waals surface area contributed by atoms with Crippen molar-refractivity contribution < 1.29 is 38.5 Å². The smallest absolute Gasteiger partial charge is 0.335 e. The first-order valence-corrected chi connectivity index (χ1v) is 5.45. The van der Waals surface area contributed by atoms with Crippen LogP contribution >= 0.6 is 0 Å². The average Bonchev–Trinajstić information content (AvgIpc) is 2.41.